The normalized spacial score (nSPS) is 13.1. The SMILES string of the molecule is CC(C)(C#N)CCNC(CO)c1ccccc1. The van der Waals surface area contributed by atoms with E-state index in [1.807, 2.05) is 44.2 Å². The molecule has 3 heteroatoms. The zero-order valence-corrected chi connectivity index (χ0v) is 10.5. The summed E-state index contributed by atoms with van der Waals surface area (Å²) in [4.78, 5) is 0. The molecule has 1 unspecified atom stereocenters. The molecule has 0 aliphatic heterocycles. The number of aliphatic hydroxyl groups is 1. The predicted octanol–water partition coefficient (Wildman–Crippen LogP) is 2.25. The molecule has 0 aliphatic rings. The van der Waals surface area contributed by atoms with Gasteiger partial charge in [0.2, 0.25) is 0 Å². The molecule has 1 aromatic carbocycles. The average Bonchev–Trinajstić information content (AvgIpc) is 2.36. The Hall–Kier alpha value is -1.37. The van der Waals surface area contributed by atoms with Crippen molar-refractivity contribution in [3.05, 3.63) is 35.9 Å². The van der Waals surface area contributed by atoms with Gasteiger partial charge in [-0.2, -0.15) is 5.26 Å². The van der Waals surface area contributed by atoms with E-state index in [4.69, 9.17) is 5.26 Å². The number of nitriles is 1. The molecule has 0 bridgehead atoms. The van der Waals surface area contributed by atoms with E-state index < -0.39 is 0 Å². The fourth-order valence-electron chi connectivity index (χ4n) is 1.59. The Kier molecular flexibility index (Phi) is 5.14. The highest BCUT2D eigenvalue weighted by atomic mass is 16.3. The van der Waals surface area contributed by atoms with Gasteiger partial charge in [0, 0.05) is 0 Å². The molecular formula is C14H20N2O. The maximum absolute atomic E-state index is 9.34. The molecule has 2 N–H and O–H groups in total. The highest BCUT2D eigenvalue weighted by Gasteiger charge is 2.17. The predicted molar refractivity (Wildman–Crippen MR) is 68.3 cm³/mol. The summed E-state index contributed by atoms with van der Waals surface area (Å²) in [5.41, 5.74) is 0.758. The largest absolute Gasteiger partial charge is 0.394 e. The number of aliphatic hydroxyl groups excluding tert-OH is 1. The van der Waals surface area contributed by atoms with Gasteiger partial charge in [-0.25, -0.2) is 0 Å². The lowest BCUT2D eigenvalue weighted by molar-refractivity contribution is 0.240. The molecule has 17 heavy (non-hydrogen) atoms. The number of hydrogen-bond acceptors (Lipinski definition) is 3. The van der Waals surface area contributed by atoms with Crippen LogP contribution in [0.3, 0.4) is 0 Å². The summed E-state index contributed by atoms with van der Waals surface area (Å²) >= 11 is 0. The molecule has 0 amide bonds. The Bertz CT molecular complexity index is 368. The van der Waals surface area contributed by atoms with E-state index in [2.05, 4.69) is 11.4 Å². The first-order chi connectivity index (χ1) is 8.09. The van der Waals surface area contributed by atoms with Crippen molar-refractivity contribution in [1.82, 2.24) is 5.32 Å². The van der Waals surface area contributed by atoms with Crippen LogP contribution in [-0.4, -0.2) is 18.3 Å². The molecule has 0 spiro atoms. The maximum atomic E-state index is 9.34. The molecule has 0 radical (unpaired) electrons. The van der Waals surface area contributed by atoms with Crippen LogP contribution in [0.25, 0.3) is 0 Å². The molecular weight excluding hydrogens is 212 g/mol. The van der Waals surface area contributed by atoms with Crippen LogP contribution in [0.5, 0.6) is 0 Å². The summed E-state index contributed by atoms with van der Waals surface area (Å²) in [6.07, 6.45) is 0.771. The Balaban J connectivity index is 2.47. The number of benzene rings is 1. The Morgan fingerprint density at radius 3 is 2.53 bits per heavy atom. The summed E-state index contributed by atoms with van der Waals surface area (Å²) < 4.78 is 0. The highest BCUT2D eigenvalue weighted by Crippen LogP contribution is 2.18. The van der Waals surface area contributed by atoms with Crippen LogP contribution < -0.4 is 5.32 Å². The van der Waals surface area contributed by atoms with E-state index >= 15 is 0 Å². The van der Waals surface area contributed by atoms with Crippen molar-refractivity contribution < 1.29 is 5.11 Å². The van der Waals surface area contributed by atoms with Gasteiger partial charge < -0.3 is 10.4 Å². The number of nitrogens with one attached hydrogen (secondary N) is 1. The van der Waals surface area contributed by atoms with Crippen LogP contribution in [0.15, 0.2) is 30.3 Å². The van der Waals surface area contributed by atoms with Crippen LogP contribution in [0, 0.1) is 16.7 Å². The third-order valence-corrected chi connectivity index (χ3v) is 2.83. The summed E-state index contributed by atoms with van der Waals surface area (Å²) in [6, 6.07) is 12.1. The Morgan fingerprint density at radius 1 is 1.35 bits per heavy atom. The van der Waals surface area contributed by atoms with Crippen LogP contribution >= 0.6 is 0 Å². The second kappa shape index (κ2) is 6.39. The minimum absolute atomic E-state index is 0.0503. The summed E-state index contributed by atoms with van der Waals surface area (Å²) in [6.45, 7) is 4.63. The summed E-state index contributed by atoms with van der Waals surface area (Å²) in [5, 5.41) is 21.5. The molecule has 0 saturated heterocycles. The smallest absolute Gasteiger partial charge is 0.0684 e. The van der Waals surface area contributed by atoms with Crippen molar-refractivity contribution in [3.8, 4) is 6.07 Å². The fourth-order valence-corrected chi connectivity index (χ4v) is 1.59. The quantitative estimate of drug-likeness (QED) is 0.791. The summed E-state index contributed by atoms with van der Waals surface area (Å²) in [7, 11) is 0. The minimum Gasteiger partial charge on any atom is -0.394 e. The zero-order chi connectivity index (χ0) is 12.7. The van der Waals surface area contributed by atoms with E-state index in [1.165, 1.54) is 0 Å². The molecule has 0 saturated carbocycles. The molecule has 92 valence electrons. The van der Waals surface area contributed by atoms with Crippen LogP contribution in [0.4, 0.5) is 0 Å². The van der Waals surface area contributed by atoms with E-state index in [1.54, 1.807) is 0 Å². The van der Waals surface area contributed by atoms with Crippen LogP contribution in [-0.2, 0) is 0 Å². The van der Waals surface area contributed by atoms with E-state index in [0.717, 1.165) is 18.5 Å². The van der Waals surface area contributed by atoms with Gasteiger partial charge in [0.25, 0.3) is 0 Å². The lowest BCUT2D eigenvalue weighted by atomic mass is 9.91. The zero-order valence-electron chi connectivity index (χ0n) is 10.5. The second-order valence-corrected chi connectivity index (χ2v) is 4.85. The Morgan fingerprint density at radius 2 is 2.00 bits per heavy atom. The lowest BCUT2D eigenvalue weighted by Crippen LogP contribution is -2.28. The topological polar surface area (TPSA) is 56.0 Å². The van der Waals surface area contributed by atoms with Gasteiger partial charge in [-0.05, 0) is 32.4 Å². The molecule has 1 atom stereocenters. The highest BCUT2D eigenvalue weighted by molar-refractivity contribution is 5.18. The molecule has 0 aliphatic carbocycles. The standard InChI is InChI=1S/C14H20N2O/c1-14(2,11-15)8-9-16-13(10-17)12-6-4-3-5-7-12/h3-7,13,16-17H,8-10H2,1-2H3. The van der Waals surface area contributed by atoms with Gasteiger partial charge in [-0.3, -0.25) is 0 Å². The average molecular weight is 232 g/mol. The third-order valence-electron chi connectivity index (χ3n) is 2.83. The number of nitrogens with zero attached hydrogens (tertiary/aromatic N) is 1. The first-order valence-corrected chi connectivity index (χ1v) is 5.89. The summed E-state index contributed by atoms with van der Waals surface area (Å²) in [5.74, 6) is 0. The Labute approximate surface area is 103 Å². The van der Waals surface area contributed by atoms with E-state index in [0.29, 0.717) is 0 Å². The third kappa shape index (κ3) is 4.56. The van der Waals surface area contributed by atoms with Gasteiger partial charge in [0.05, 0.1) is 24.1 Å². The molecule has 0 heterocycles. The van der Waals surface area contributed by atoms with E-state index in [9.17, 15) is 5.11 Å². The van der Waals surface area contributed by atoms with Crippen molar-refractivity contribution in [2.75, 3.05) is 13.2 Å². The molecule has 0 fully saturated rings. The van der Waals surface area contributed by atoms with Crippen molar-refractivity contribution >= 4 is 0 Å². The van der Waals surface area contributed by atoms with E-state index in [-0.39, 0.29) is 18.1 Å². The van der Waals surface area contributed by atoms with Crippen LogP contribution in [0.1, 0.15) is 31.9 Å². The van der Waals surface area contributed by atoms with Crippen molar-refractivity contribution in [1.29, 1.82) is 5.26 Å². The second-order valence-electron chi connectivity index (χ2n) is 4.85. The number of rotatable bonds is 6. The molecule has 1 aromatic rings. The maximum Gasteiger partial charge on any atom is 0.0684 e. The molecule has 1 rings (SSSR count). The molecule has 3 nitrogen and oxygen atoms in total. The van der Waals surface area contributed by atoms with Crippen molar-refractivity contribution in [3.63, 3.8) is 0 Å². The fraction of sp³-hybridized carbons (Fsp3) is 0.500. The van der Waals surface area contributed by atoms with Crippen LogP contribution in [0.2, 0.25) is 0 Å². The number of hydrogen-bond donors (Lipinski definition) is 2. The monoisotopic (exact) mass is 232 g/mol. The lowest BCUT2D eigenvalue weighted by Gasteiger charge is -2.20. The van der Waals surface area contributed by atoms with Gasteiger partial charge in [0.15, 0.2) is 0 Å². The minimum atomic E-state index is -0.316. The van der Waals surface area contributed by atoms with Gasteiger partial charge >= 0.3 is 0 Å². The van der Waals surface area contributed by atoms with Gasteiger partial charge in [-0.15, -0.1) is 0 Å². The first-order valence-electron chi connectivity index (χ1n) is 5.89. The van der Waals surface area contributed by atoms with Gasteiger partial charge in [-0.1, -0.05) is 30.3 Å². The van der Waals surface area contributed by atoms with Gasteiger partial charge in [0.1, 0.15) is 0 Å². The van der Waals surface area contributed by atoms with Crippen molar-refractivity contribution in [2.45, 2.75) is 26.3 Å². The molecule has 0 aromatic heterocycles. The van der Waals surface area contributed by atoms with Crippen molar-refractivity contribution in [2.24, 2.45) is 5.41 Å². The first kappa shape index (κ1) is 13.7.